The standard InChI is InChI=1S/C19H17ClN6OS/c1-27-14-8-4-11(5-9-14)15-10-16(22-21-15)18-25-26-17(23-24-19(26)28-18)12-2-6-13(20)7-3-12/h2-9,15-16,21-22H,10H2,1H3. The van der Waals surface area contributed by atoms with Crippen molar-refractivity contribution < 1.29 is 4.74 Å². The van der Waals surface area contributed by atoms with Gasteiger partial charge in [-0.05, 0) is 48.4 Å². The summed E-state index contributed by atoms with van der Waals surface area (Å²) < 4.78 is 7.03. The molecule has 28 heavy (non-hydrogen) atoms. The lowest BCUT2D eigenvalue weighted by Gasteiger charge is -2.10. The molecular weight excluding hydrogens is 396 g/mol. The molecule has 0 saturated carbocycles. The average Bonchev–Trinajstić information content (AvgIpc) is 3.44. The number of hydrogen-bond donors (Lipinski definition) is 2. The van der Waals surface area contributed by atoms with Gasteiger partial charge < -0.3 is 4.74 Å². The van der Waals surface area contributed by atoms with Gasteiger partial charge in [-0.1, -0.05) is 35.1 Å². The van der Waals surface area contributed by atoms with E-state index in [1.807, 2.05) is 36.4 Å². The van der Waals surface area contributed by atoms with Gasteiger partial charge in [0.1, 0.15) is 10.8 Å². The predicted octanol–water partition coefficient (Wildman–Crippen LogP) is 3.80. The molecule has 1 aliphatic heterocycles. The minimum Gasteiger partial charge on any atom is -0.497 e. The monoisotopic (exact) mass is 412 g/mol. The minimum absolute atomic E-state index is 0.108. The summed E-state index contributed by atoms with van der Waals surface area (Å²) in [5.41, 5.74) is 8.86. The molecule has 1 fully saturated rings. The summed E-state index contributed by atoms with van der Waals surface area (Å²) in [5.74, 6) is 1.57. The van der Waals surface area contributed by atoms with Crippen LogP contribution in [-0.4, -0.2) is 26.9 Å². The van der Waals surface area contributed by atoms with E-state index in [9.17, 15) is 0 Å². The van der Waals surface area contributed by atoms with Crippen LogP contribution in [0.2, 0.25) is 5.02 Å². The summed E-state index contributed by atoms with van der Waals surface area (Å²) in [6.07, 6.45) is 0.896. The third kappa shape index (κ3) is 3.14. The lowest BCUT2D eigenvalue weighted by atomic mass is 10.0. The summed E-state index contributed by atoms with van der Waals surface area (Å²) in [5, 5.41) is 15.0. The maximum atomic E-state index is 5.98. The van der Waals surface area contributed by atoms with Crippen molar-refractivity contribution in [3.8, 4) is 17.1 Å². The summed E-state index contributed by atoms with van der Waals surface area (Å²) >= 11 is 7.53. The van der Waals surface area contributed by atoms with Gasteiger partial charge in [-0.2, -0.15) is 9.61 Å². The van der Waals surface area contributed by atoms with Crippen molar-refractivity contribution in [2.24, 2.45) is 0 Å². The molecule has 0 amide bonds. The van der Waals surface area contributed by atoms with E-state index < -0.39 is 0 Å². The van der Waals surface area contributed by atoms with E-state index in [-0.39, 0.29) is 12.1 Å². The highest BCUT2D eigenvalue weighted by Gasteiger charge is 2.29. The highest BCUT2D eigenvalue weighted by atomic mass is 35.5. The molecule has 2 aromatic carbocycles. The number of nitrogens with zero attached hydrogens (tertiary/aromatic N) is 4. The second kappa shape index (κ2) is 7.14. The maximum Gasteiger partial charge on any atom is 0.235 e. The van der Waals surface area contributed by atoms with Crippen LogP contribution in [0.1, 0.15) is 29.1 Å². The summed E-state index contributed by atoms with van der Waals surface area (Å²) in [6, 6.07) is 16.0. The highest BCUT2D eigenvalue weighted by molar-refractivity contribution is 7.16. The molecule has 0 spiro atoms. The number of nitrogens with one attached hydrogen (secondary N) is 2. The van der Waals surface area contributed by atoms with Crippen LogP contribution in [0.15, 0.2) is 48.5 Å². The molecular formula is C19H17ClN6OS. The van der Waals surface area contributed by atoms with Crippen molar-refractivity contribution in [2.75, 3.05) is 7.11 Å². The Morgan fingerprint density at radius 1 is 1.04 bits per heavy atom. The zero-order valence-electron chi connectivity index (χ0n) is 15.0. The number of methoxy groups -OCH3 is 1. The number of ether oxygens (including phenoxy) is 1. The van der Waals surface area contributed by atoms with Gasteiger partial charge in [-0.15, -0.1) is 10.2 Å². The van der Waals surface area contributed by atoms with Gasteiger partial charge in [0.25, 0.3) is 0 Å². The second-order valence-electron chi connectivity index (χ2n) is 6.57. The molecule has 4 aromatic rings. The van der Waals surface area contributed by atoms with Crippen LogP contribution in [0, 0.1) is 0 Å². The fourth-order valence-electron chi connectivity index (χ4n) is 3.32. The van der Waals surface area contributed by atoms with Gasteiger partial charge in [0.05, 0.1) is 13.2 Å². The number of fused-ring (bicyclic) bond motifs is 1. The smallest absolute Gasteiger partial charge is 0.235 e. The molecule has 142 valence electrons. The van der Waals surface area contributed by atoms with Crippen molar-refractivity contribution in [3.05, 3.63) is 64.1 Å². The number of hydrazine groups is 1. The molecule has 2 aromatic heterocycles. The second-order valence-corrected chi connectivity index (χ2v) is 7.99. The van der Waals surface area contributed by atoms with Crippen LogP contribution < -0.4 is 15.6 Å². The Kier molecular flexibility index (Phi) is 4.48. The third-order valence-electron chi connectivity index (χ3n) is 4.83. The van der Waals surface area contributed by atoms with Crippen LogP contribution in [0.4, 0.5) is 0 Å². The predicted molar refractivity (Wildman–Crippen MR) is 108 cm³/mol. The quantitative estimate of drug-likeness (QED) is 0.531. The Morgan fingerprint density at radius 3 is 2.54 bits per heavy atom. The first-order valence-corrected chi connectivity index (χ1v) is 10.0. The van der Waals surface area contributed by atoms with Crippen LogP contribution in [0.3, 0.4) is 0 Å². The van der Waals surface area contributed by atoms with Gasteiger partial charge in [0.2, 0.25) is 4.96 Å². The highest BCUT2D eigenvalue weighted by Crippen LogP contribution is 2.34. The van der Waals surface area contributed by atoms with E-state index in [0.29, 0.717) is 10.8 Å². The molecule has 5 rings (SSSR count). The molecule has 2 atom stereocenters. The molecule has 0 radical (unpaired) electrons. The first kappa shape index (κ1) is 17.6. The van der Waals surface area contributed by atoms with E-state index in [1.54, 1.807) is 23.0 Å². The largest absolute Gasteiger partial charge is 0.497 e. The summed E-state index contributed by atoms with van der Waals surface area (Å²) in [7, 11) is 1.67. The number of halogens is 1. The van der Waals surface area contributed by atoms with Crippen LogP contribution in [0.25, 0.3) is 16.3 Å². The van der Waals surface area contributed by atoms with Crippen molar-refractivity contribution in [1.29, 1.82) is 0 Å². The van der Waals surface area contributed by atoms with E-state index in [0.717, 1.165) is 27.7 Å². The van der Waals surface area contributed by atoms with Gasteiger partial charge in [-0.3, -0.25) is 0 Å². The third-order valence-corrected chi connectivity index (χ3v) is 6.09. The minimum atomic E-state index is 0.108. The SMILES string of the molecule is COc1ccc(C2CC(c3nn4c(-c5ccc(Cl)cc5)nnc4s3)NN2)cc1. The summed E-state index contributed by atoms with van der Waals surface area (Å²) in [4.78, 5) is 0.773. The molecule has 3 heterocycles. The van der Waals surface area contributed by atoms with E-state index in [2.05, 4.69) is 33.2 Å². The Morgan fingerprint density at radius 2 is 1.79 bits per heavy atom. The molecule has 0 bridgehead atoms. The Balaban J connectivity index is 1.38. The Hall–Kier alpha value is -2.52. The van der Waals surface area contributed by atoms with Crippen LogP contribution in [-0.2, 0) is 0 Å². The van der Waals surface area contributed by atoms with Crippen molar-refractivity contribution in [1.82, 2.24) is 30.7 Å². The number of benzene rings is 2. The molecule has 1 aliphatic rings. The zero-order chi connectivity index (χ0) is 19.1. The molecule has 2 N–H and O–H groups in total. The lowest BCUT2D eigenvalue weighted by molar-refractivity contribution is 0.414. The van der Waals surface area contributed by atoms with E-state index >= 15 is 0 Å². The first-order valence-electron chi connectivity index (χ1n) is 8.84. The fraction of sp³-hybridized carbons (Fsp3) is 0.211. The van der Waals surface area contributed by atoms with Crippen LogP contribution >= 0.6 is 22.9 Å². The lowest BCUT2D eigenvalue weighted by Crippen LogP contribution is -2.26. The summed E-state index contributed by atoms with van der Waals surface area (Å²) in [6.45, 7) is 0. The topological polar surface area (TPSA) is 76.4 Å². The molecule has 7 nitrogen and oxygen atoms in total. The van der Waals surface area contributed by atoms with Crippen molar-refractivity contribution in [2.45, 2.75) is 18.5 Å². The van der Waals surface area contributed by atoms with Crippen LogP contribution in [0.5, 0.6) is 5.75 Å². The number of aromatic nitrogens is 4. The maximum absolute atomic E-state index is 5.98. The van der Waals surface area contributed by atoms with E-state index in [1.165, 1.54) is 5.56 Å². The molecule has 0 aliphatic carbocycles. The normalized spacial score (nSPS) is 19.4. The Labute approximate surface area is 170 Å². The first-order chi connectivity index (χ1) is 13.7. The molecule has 2 unspecified atom stereocenters. The zero-order valence-corrected chi connectivity index (χ0v) is 16.5. The Bertz CT molecular complexity index is 1110. The van der Waals surface area contributed by atoms with Gasteiger partial charge >= 0.3 is 0 Å². The van der Waals surface area contributed by atoms with Gasteiger partial charge in [0, 0.05) is 16.6 Å². The number of hydrogen-bond acceptors (Lipinski definition) is 7. The van der Waals surface area contributed by atoms with Gasteiger partial charge in [0.15, 0.2) is 5.82 Å². The van der Waals surface area contributed by atoms with Crippen molar-refractivity contribution in [3.63, 3.8) is 0 Å². The van der Waals surface area contributed by atoms with E-state index in [4.69, 9.17) is 21.4 Å². The van der Waals surface area contributed by atoms with Crippen molar-refractivity contribution >= 4 is 27.9 Å². The van der Waals surface area contributed by atoms with Gasteiger partial charge in [-0.25, -0.2) is 10.9 Å². The average molecular weight is 413 g/mol. The fourth-order valence-corrected chi connectivity index (χ4v) is 4.35. The number of rotatable bonds is 4. The molecule has 9 heteroatoms. The molecule has 1 saturated heterocycles.